The van der Waals surface area contributed by atoms with E-state index in [1.54, 1.807) is 0 Å². The van der Waals surface area contributed by atoms with E-state index in [1.807, 2.05) is 7.05 Å². The van der Waals surface area contributed by atoms with Crippen molar-refractivity contribution < 1.29 is 4.74 Å². The van der Waals surface area contributed by atoms with Gasteiger partial charge in [-0.3, -0.25) is 9.89 Å². The molecule has 0 spiro atoms. The molecule has 0 amide bonds. The average molecular weight is 547 g/mol. The van der Waals surface area contributed by atoms with E-state index in [2.05, 4.69) is 81.0 Å². The molecule has 1 aliphatic rings. The van der Waals surface area contributed by atoms with Gasteiger partial charge in [-0.15, -0.1) is 24.0 Å². The number of benzene rings is 2. The molecule has 6 nitrogen and oxygen atoms in total. The number of rotatable bonds is 7. The summed E-state index contributed by atoms with van der Waals surface area (Å²) in [5.74, 6) is 0.832. The molecule has 0 saturated carbocycles. The van der Waals surface area contributed by atoms with Crippen molar-refractivity contribution in [1.82, 2.24) is 20.5 Å². The first-order valence-corrected chi connectivity index (χ1v) is 11.1. The van der Waals surface area contributed by atoms with Crippen molar-refractivity contribution in [3.8, 4) is 0 Å². The summed E-state index contributed by atoms with van der Waals surface area (Å²) in [5.41, 5.74) is 6.48. The summed E-state index contributed by atoms with van der Waals surface area (Å²) in [6, 6.07) is 17.1. The van der Waals surface area contributed by atoms with Crippen LogP contribution in [0.15, 0.2) is 53.5 Å². The zero-order chi connectivity index (χ0) is 21.5. The molecule has 3 aromatic rings. The lowest BCUT2D eigenvalue weighted by molar-refractivity contribution is 0.0341. The molecule has 172 valence electrons. The number of aromatic nitrogens is 1. The molecule has 0 atom stereocenters. The number of ether oxygens (including phenoxy) is 1. The summed E-state index contributed by atoms with van der Waals surface area (Å²) in [5, 5.41) is 8.26. The van der Waals surface area contributed by atoms with Crippen LogP contribution in [0.4, 0.5) is 0 Å². The first-order chi connectivity index (χ1) is 15.2. The molecule has 2 heterocycles. The molecule has 1 saturated heterocycles. The number of aryl methyl sites for hydroxylation is 1. The Bertz CT molecular complexity index is 1030. The average Bonchev–Trinajstić information content (AvgIpc) is 3.12. The quantitative estimate of drug-likeness (QED) is 0.239. The fraction of sp³-hybridized carbons (Fsp3) is 0.400. The molecule has 4 rings (SSSR count). The van der Waals surface area contributed by atoms with E-state index < -0.39 is 0 Å². The van der Waals surface area contributed by atoms with Gasteiger partial charge in [0.25, 0.3) is 0 Å². The van der Waals surface area contributed by atoms with E-state index in [-0.39, 0.29) is 24.0 Å². The number of nitrogens with one attached hydrogen (secondary N) is 3. The minimum absolute atomic E-state index is 0. The van der Waals surface area contributed by atoms with Crippen LogP contribution in [-0.4, -0.2) is 55.7 Å². The number of hydrogen-bond acceptors (Lipinski definition) is 3. The van der Waals surface area contributed by atoms with E-state index in [1.165, 1.54) is 33.3 Å². The van der Waals surface area contributed by atoms with Crippen molar-refractivity contribution in [2.75, 3.05) is 39.9 Å². The predicted molar refractivity (Wildman–Crippen MR) is 143 cm³/mol. The smallest absolute Gasteiger partial charge is 0.191 e. The molecule has 0 bridgehead atoms. The monoisotopic (exact) mass is 547 g/mol. The molecule has 2 aromatic carbocycles. The third kappa shape index (κ3) is 6.24. The highest BCUT2D eigenvalue weighted by Crippen LogP contribution is 2.21. The Morgan fingerprint density at radius 1 is 1.03 bits per heavy atom. The summed E-state index contributed by atoms with van der Waals surface area (Å²) in [4.78, 5) is 10.3. The number of aromatic amines is 1. The number of nitrogens with zero attached hydrogens (tertiary/aromatic N) is 2. The zero-order valence-corrected chi connectivity index (χ0v) is 21.3. The van der Waals surface area contributed by atoms with Gasteiger partial charge in [0.15, 0.2) is 5.96 Å². The van der Waals surface area contributed by atoms with Crippen molar-refractivity contribution in [2.24, 2.45) is 4.99 Å². The molecule has 1 fully saturated rings. The van der Waals surface area contributed by atoms with Crippen LogP contribution >= 0.6 is 24.0 Å². The minimum Gasteiger partial charge on any atom is -0.379 e. The van der Waals surface area contributed by atoms with Crippen molar-refractivity contribution in [3.05, 3.63) is 70.9 Å². The Labute approximate surface area is 207 Å². The summed E-state index contributed by atoms with van der Waals surface area (Å²) in [6.07, 6.45) is 0.949. The van der Waals surface area contributed by atoms with Crippen molar-refractivity contribution >= 4 is 40.8 Å². The molecule has 0 aliphatic carbocycles. The Hall–Kier alpha value is -2.10. The SMILES string of the molecule is CN=C(NCCc1c(C)[nH]c2ccccc12)NCc1ccccc1CN1CCOCC1.I. The topological polar surface area (TPSA) is 64.7 Å². The first kappa shape index (κ1) is 24.5. The third-order valence-electron chi connectivity index (χ3n) is 5.98. The molecule has 1 aromatic heterocycles. The lowest BCUT2D eigenvalue weighted by Gasteiger charge is -2.27. The van der Waals surface area contributed by atoms with E-state index in [0.717, 1.165) is 58.3 Å². The van der Waals surface area contributed by atoms with Crippen LogP contribution in [0.3, 0.4) is 0 Å². The normalized spacial score (nSPS) is 14.9. The third-order valence-corrected chi connectivity index (χ3v) is 5.98. The predicted octanol–water partition coefficient (Wildman–Crippen LogP) is 3.83. The van der Waals surface area contributed by atoms with Crippen molar-refractivity contribution in [1.29, 1.82) is 0 Å². The number of morpholine rings is 1. The lowest BCUT2D eigenvalue weighted by atomic mass is 10.1. The maximum atomic E-state index is 5.48. The van der Waals surface area contributed by atoms with Gasteiger partial charge in [0, 0.05) is 56.4 Å². The summed E-state index contributed by atoms with van der Waals surface area (Å²) < 4.78 is 5.48. The van der Waals surface area contributed by atoms with E-state index in [4.69, 9.17) is 4.74 Å². The second kappa shape index (κ2) is 12.2. The first-order valence-electron chi connectivity index (χ1n) is 11.1. The molecule has 0 radical (unpaired) electrons. The summed E-state index contributed by atoms with van der Waals surface area (Å²) >= 11 is 0. The van der Waals surface area contributed by atoms with Gasteiger partial charge in [-0.2, -0.15) is 0 Å². The number of guanidine groups is 1. The van der Waals surface area contributed by atoms with Crippen LogP contribution < -0.4 is 10.6 Å². The minimum atomic E-state index is 0. The molecular formula is C25H34IN5O. The summed E-state index contributed by atoms with van der Waals surface area (Å²) in [6.45, 7) is 8.35. The zero-order valence-electron chi connectivity index (χ0n) is 19.0. The van der Waals surface area contributed by atoms with E-state index in [9.17, 15) is 0 Å². The van der Waals surface area contributed by atoms with Crippen LogP contribution in [0.1, 0.15) is 22.4 Å². The van der Waals surface area contributed by atoms with Crippen LogP contribution in [0.5, 0.6) is 0 Å². The van der Waals surface area contributed by atoms with E-state index in [0.29, 0.717) is 0 Å². The molecule has 7 heteroatoms. The Morgan fingerprint density at radius 2 is 1.75 bits per heavy atom. The van der Waals surface area contributed by atoms with Crippen LogP contribution in [-0.2, 0) is 24.2 Å². The number of aliphatic imine (C=N–C) groups is 1. The molecule has 3 N–H and O–H groups in total. The number of halogens is 1. The van der Waals surface area contributed by atoms with Crippen molar-refractivity contribution in [2.45, 2.75) is 26.4 Å². The molecule has 32 heavy (non-hydrogen) atoms. The Morgan fingerprint density at radius 3 is 2.53 bits per heavy atom. The van der Waals surface area contributed by atoms with Gasteiger partial charge in [0.2, 0.25) is 0 Å². The second-order valence-electron chi connectivity index (χ2n) is 8.03. The maximum absolute atomic E-state index is 5.48. The number of H-pyrrole nitrogens is 1. The van der Waals surface area contributed by atoms with Crippen LogP contribution in [0, 0.1) is 6.92 Å². The van der Waals surface area contributed by atoms with Gasteiger partial charge in [0.1, 0.15) is 0 Å². The fourth-order valence-electron chi connectivity index (χ4n) is 4.25. The van der Waals surface area contributed by atoms with Gasteiger partial charge < -0.3 is 20.4 Å². The number of para-hydroxylation sites is 1. The van der Waals surface area contributed by atoms with Crippen LogP contribution in [0.25, 0.3) is 10.9 Å². The standard InChI is InChI=1S/C25H33N5O.HI/c1-19-22(23-9-5-6-10-24(23)29-19)11-12-27-25(26-2)28-17-20-7-3-4-8-21(20)18-30-13-15-31-16-14-30;/h3-10,29H,11-18H2,1-2H3,(H2,26,27,28);1H. The van der Waals surface area contributed by atoms with E-state index >= 15 is 0 Å². The van der Waals surface area contributed by atoms with Crippen LogP contribution in [0.2, 0.25) is 0 Å². The molecular weight excluding hydrogens is 513 g/mol. The Kier molecular flexibility index (Phi) is 9.37. The lowest BCUT2D eigenvalue weighted by Crippen LogP contribution is -2.38. The summed E-state index contributed by atoms with van der Waals surface area (Å²) in [7, 11) is 1.83. The molecule has 1 aliphatic heterocycles. The van der Waals surface area contributed by atoms with Gasteiger partial charge in [-0.05, 0) is 36.1 Å². The number of hydrogen-bond donors (Lipinski definition) is 3. The highest BCUT2D eigenvalue weighted by Gasteiger charge is 2.13. The molecule has 0 unspecified atom stereocenters. The van der Waals surface area contributed by atoms with Gasteiger partial charge in [-0.25, -0.2) is 0 Å². The fourth-order valence-corrected chi connectivity index (χ4v) is 4.25. The maximum Gasteiger partial charge on any atom is 0.191 e. The highest BCUT2D eigenvalue weighted by molar-refractivity contribution is 14.0. The van der Waals surface area contributed by atoms with Gasteiger partial charge in [-0.1, -0.05) is 42.5 Å². The van der Waals surface area contributed by atoms with Gasteiger partial charge >= 0.3 is 0 Å². The highest BCUT2D eigenvalue weighted by atomic mass is 127. The van der Waals surface area contributed by atoms with Crippen molar-refractivity contribution in [3.63, 3.8) is 0 Å². The Balaban J connectivity index is 0.00000289. The number of fused-ring (bicyclic) bond motifs is 1. The van der Waals surface area contributed by atoms with Gasteiger partial charge in [0.05, 0.1) is 13.2 Å². The largest absolute Gasteiger partial charge is 0.379 e. The second-order valence-corrected chi connectivity index (χ2v) is 8.03.